The summed E-state index contributed by atoms with van der Waals surface area (Å²) >= 11 is 0. The molecule has 0 spiro atoms. The van der Waals surface area contributed by atoms with E-state index in [1.54, 1.807) is 0 Å². The summed E-state index contributed by atoms with van der Waals surface area (Å²) in [7, 11) is 0. The molecule has 0 amide bonds. The Labute approximate surface area is 115 Å². The topological polar surface area (TPSA) is 0 Å². The Hall–Kier alpha value is 0. The Morgan fingerprint density at radius 2 is 1.50 bits per heavy atom. The van der Waals surface area contributed by atoms with Gasteiger partial charge >= 0.3 is 0 Å². The maximum atomic E-state index is 2.56. The normalized spacial score (nSPS) is 43.8. The van der Waals surface area contributed by atoms with Crippen molar-refractivity contribution in [3.63, 3.8) is 0 Å². The minimum Gasteiger partial charge on any atom is -0.0654 e. The zero-order chi connectivity index (χ0) is 13.3. The van der Waals surface area contributed by atoms with E-state index in [1.165, 1.54) is 38.5 Å². The van der Waals surface area contributed by atoms with E-state index in [-0.39, 0.29) is 0 Å². The molecule has 3 aliphatic rings. The van der Waals surface area contributed by atoms with Crippen LogP contribution in [-0.2, 0) is 0 Å². The SMILES string of the molecule is CCCC(C)CCC1C(C)C2C(C)C1C2CCC. The highest BCUT2D eigenvalue weighted by Gasteiger charge is 2.60. The lowest BCUT2D eigenvalue weighted by Crippen LogP contribution is -2.39. The fourth-order valence-electron chi connectivity index (χ4n) is 5.65. The standard InChI is InChI=1S/C18H34/c1-6-8-12(3)10-11-15-13(4)17-14(5)18(15)16(17)9-7-2/h12-18H,6-11H2,1-5H3. The van der Waals surface area contributed by atoms with Gasteiger partial charge < -0.3 is 0 Å². The number of hydrogen-bond donors (Lipinski definition) is 0. The van der Waals surface area contributed by atoms with Crippen molar-refractivity contribution < 1.29 is 0 Å². The van der Waals surface area contributed by atoms with Gasteiger partial charge in [0.2, 0.25) is 0 Å². The summed E-state index contributed by atoms with van der Waals surface area (Å²) in [4.78, 5) is 0. The van der Waals surface area contributed by atoms with E-state index >= 15 is 0 Å². The van der Waals surface area contributed by atoms with E-state index in [0.717, 1.165) is 41.4 Å². The molecule has 2 bridgehead atoms. The monoisotopic (exact) mass is 250 g/mol. The van der Waals surface area contributed by atoms with Crippen LogP contribution in [0, 0.1) is 41.4 Å². The summed E-state index contributed by atoms with van der Waals surface area (Å²) in [6.45, 7) is 12.2. The molecule has 7 atom stereocenters. The first-order valence-corrected chi connectivity index (χ1v) is 8.61. The maximum absolute atomic E-state index is 2.56. The highest BCUT2D eigenvalue weighted by Crippen LogP contribution is 2.66. The maximum Gasteiger partial charge on any atom is -0.0323 e. The molecule has 0 heteroatoms. The van der Waals surface area contributed by atoms with Crippen LogP contribution in [0.1, 0.15) is 73.1 Å². The Balaban J connectivity index is 1.86. The second kappa shape index (κ2) is 5.97. The average molecular weight is 250 g/mol. The largest absolute Gasteiger partial charge is 0.0654 e. The van der Waals surface area contributed by atoms with Crippen molar-refractivity contribution in [2.75, 3.05) is 0 Å². The van der Waals surface area contributed by atoms with Crippen LogP contribution in [0.3, 0.4) is 0 Å². The lowest BCUT2D eigenvalue weighted by Gasteiger charge is -2.44. The van der Waals surface area contributed by atoms with Crippen molar-refractivity contribution in [3.8, 4) is 0 Å². The quantitative estimate of drug-likeness (QED) is 0.538. The van der Waals surface area contributed by atoms with Crippen LogP contribution in [0.5, 0.6) is 0 Å². The first kappa shape index (κ1) is 14.4. The van der Waals surface area contributed by atoms with E-state index in [0.29, 0.717) is 0 Å². The van der Waals surface area contributed by atoms with Crippen molar-refractivity contribution in [1.82, 2.24) is 0 Å². The van der Waals surface area contributed by atoms with Gasteiger partial charge in [0.15, 0.2) is 0 Å². The fourth-order valence-corrected chi connectivity index (χ4v) is 5.65. The van der Waals surface area contributed by atoms with Crippen molar-refractivity contribution in [2.24, 2.45) is 41.4 Å². The summed E-state index contributed by atoms with van der Waals surface area (Å²) < 4.78 is 0. The average Bonchev–Trinajstić information content (AvgIpc) is 2.74. The molecule has 0 aromatic heterocycles. The van der Waals surface area contributed by atoms with Gasteiger partial charge in [-0.2, -0.15) is 0 Å². The fraction of sp³-hybridized carbons (Fsp3) is 1.00. The van der Waals surface area contributed by atoms with Gasteiger partial charge in [-0.3, -0.25) is 0 Å². The minimum absolute atomic E-state index is 0.958. The van der Waals surface area contributed by atoms with Gasteiger partial charge in [-0.25, -0.2) is 0 Å². The van der Waals surface area contributed by atoms with E-state index in [1.807, 2.05) is 0 Å². The summed E-state index contributed by atoms with van der Waals surface area (Å²) in [6, 6.07) is 0. The van der Waals surface area contributed by atoms with E-state index in [4.69, 9.17) is 0 Å². The molecule has 0 heterocycles. The van der Waals surface area contributed by atoms with E-state index < -0.39 is 0 Å². The molecule has 18 heavy (non-hydrogen) atoms. The third-order valence-electron chi connectivity index (χ3n) is 6.38. The van der Waals surface area contributed by atoms with Crippen molar-refractivity contribution in [1.29, 1.82) is 0 Å². The molecule has 0 radical (unpaired) electrons. The Morgan fingerprint density at radius 1 is 0.778 bits per heavy atom. The zero-order valence-electron chi connectivity index (χ0n) is 13.3. The van der Waals surface area contributed by atoms with Gasteiger partial charge in [0.05, 0.1) is 0 Å². The second-order valence-corrected chi connectivity index (χ2v) is 7.46. The van der Waals surface area contributed by atoms with Crippen molar-refractivity contribution in [3.05, 3.63) is 0 Å². The molecule has 7 unspecified atom stereocenters. The molecule has 3 aliphatic carbocycles. The third kappa shape index (κ3) is 2.37. The van der Waals surface area contributed by atoms with Crippen LogP contribution in [0.2, 0.25) is 0 Å². The Morgan fingerprint density at radius 3 is 2.11 bits per heavy atom. The summed E-state index contributed by atoms with van der Waals surface area (Å²) in [6.07, 6.45) is 8.71. The van der Waals surface area contributed by atoms with Gasteiger partial charge in [-0.1, -0.05) is 66.7 Å². The lowest BCUT2D eigenvalue weighted by molar-refractivity contribution is 0.0351. The molecule has 3 rings (SSSR count). The zero-order valence-corrected chi connectivity index (χ0v) is 13.3. The first-order valence-electron chi connectivity index (χ1n) is 8.61. The van der Waals surface area contributed by atoms with Crippen LogP contribution >= 0.6 is 0 Å². The van der Waals surface area contributed by atoms with Crippen LogP contribution in [0.15, 0.2) is 0 Å². The van der Waals surface area contributed by atoms with E-state index in [9.17, 15) is 0 Å². The molecule has 0 nitrogen and oxygen atoms in total. The van der Waals surface area contributed by atoms with Crippen LogP contribution in [-0.4, -0.2) is 0 Å². The predicted octanol–water partition coefficient (Wildman–Crippen LogP) is 5.77. The van der Waals surface area contributed by atoms with Gasteiger partial charge in [0.25, 0.3) is 0 Å². The van der Waals surface area contributed by atoms with Gasteiger partial charge in [-0.15, -0.1) is 0 Å². The van der Waals surface area contributed by atoms with Crippen molar-refractivity contribution in [2.45, 2.75) is 73.1 Å². The number of fused-ring (bicyclic) bond motifs is 1. The third-order valence-corrected chi connectivity index (χ3v) is 6.38. The molecular formula is C18H34. The molecule has 0 aromatic carbocycles. The van der Waals surface area contributed by atoms with Gasteiger partial charge in [0.1, 0.15) is 0 Å². The highest BCUT2D eigenvalue weighted by molar-refractivity contribution is 5.08. The summed E-state index contributed by atoms with van der Waals surface area (Å²) in [5, 5.41) is 0. The molecule has 106 valence electrons. The number of rotatable bonds is 7. The molecule has 3 saturated carbocycles. The predicted molar refractivity (Wildman–Crippen MR) is 80.5 cm³/mol. The molecule has 0 N–H and O–H groups in total. The molecule has 0 aliphatic heterocycles. The lowest BCUT2D eigenvalue weighted by atomic mass is 9.60. The van der Waals surface area contributed by atoms with Gasteiger partial charge in [0, 0.05) is 0 Å². The van der Waals surface area contributed by atoms with Gasteiger partial charge in [-0.05, 0) is 47.8 Å². The highest BCUT2D eigenvalue weighted by atomic mass is 14.7. The van der Waals surface area contributed by atoms with Crippen LogP contribution < -0.4 is 0 Å². The minimum atomic E-state index is 0.958. The summed E-state index contributed by atoms with van der Waals surface area (Å²) in [5.74, 6) is 7.38. The molecular weight excluding hydrogens is 216 g/mol. The Kier molecular flexibility index (Phi) is 4.78. The van der Waals surface area contributed by atoms with Crippen LogP contribution in [0.25, 0.3) is 0 Å². The Bertz CT molecular complexity index is 257. The van der Waals surface area contributed by atoms with Crippen LogP contribution in [0.4, 0.5) is 0 Å². The molecule has 0 saturated heterocycles. The summed E-state index contributed by atoms with van der Waals surface area (Å²) in [5.41, 5.74) is 0. The second-order valence-electron chi connectivity index (χ2n) is 7.46. The first-order chi connectivity index (χ1) is 8.61. The van der Waals surface area contributed by atoms with E-state index in [2.05, 4.69) is 34.6 Å². The molecule has 3 fully saturated rings. The molecule has 0 aromatic rings. The van der Waals surface area contributed by atoms with Crippen molar-refractivity contribution >= 4 is 0 Å². The number of hydrogen-bond acceptors (Lipinski definition) is 0. The smallest absolute Gasteiger partial charge is 0.0323 e.